The average molecular weight is 677 g/mol. The van der Waals surface area contributed by atoms with E-state index in [0.717, 1.165) is 0 Å². The molecule has 0 radical (unpaired) electrons. The van der Waals surface area contributed by atoms with E-state index >= 15 is 0 Å². The second-order valence-electron chi connectivity index (χ2n) is 12.1. The third kappa shape index (κ3) is 20.9. The fourth-order valence-corrected chi connectivity index (χ4v) is 4.14. The lowest BCUT2D eigenvalue weighted by atomic mass is 9.90. The molecule has 13 nitrogen and oxygen atoms in total. The molecular formula is C34H60O13. The molecule has 0 aliphatic heterocycles. The van der Waals surface area contributed by atoms with Gasteiger partial charge in [-0.1, -0.05) is 48.0 Å². The Bertz CT molecular complexity index is 827. The number of aliphatic hydroxyl groups is 1. The molecule has 1 unspecified atom stereocenters. The van der Waals surface area contributed by atoms with Gasteiger partial charge < -0.3 is 38.3 Å². The summed E-state index contributed by atoms with van der Waals surface area (Å²) in [5.41, 5.74) is -2.54. The van der Waals surface area contributed by atoms with E-state index in [1.807, 2.05) is 41.5 Å². The molecular weight excluding hydrogens is 616 g/mol. The molecule has 1 atom stereocenters. The Morgan fingerprint density at radius 3 is 0.979 bits per heavy atom. The van der Waals surface area contributed by atoms with Crippen molar-refractivity contribution in [2.45, 2.75) is 125 Å². The van der Waals surface area contributed by atoms with Gasteiger partial charge in [-0.3, -0.25) is 24.0 Å². The van der Waals surface area contributed by atoms with Crippen molar-refractivity contribution >= 4 is 29.8 Å². The summed E-state index contributed by atoms with van der Waals surface area (Å²) >= 11 is 0. The molecule has 0 aromatic heterocycles. The highest BCUT2D eigenvalue weighted by molar-refractivity contribution is 5.71. The molecule has 0 fully saturated rings. The Morgan fingerprint density at radius 1 is 0.447 bits per heavy atom. The average Bonchev–Trinajstić information content (AvgIpc) is 3.03. The van der Waals surface area contributed by atoms with Crippen LogP contribution in [0.2, 0.25) is 0 Å². The zero-order chi connectivity index (χ0) is 35.6. The van der Waals surface area contributed by atoms with E-state index in [9.17, 15) is 29.1 Å². The van der Waals surface area contributed by atoms with Crippen molar-refractivity contribution in [3.63, 3.8) is 0 Å². The van der Waals surface area contributed by atoms with Gasteiger partial charge >= 0.3 is 29.8 Å². The lowest BCUT2D eigenvalue weighted by Crippen LogP contribution is -2.47. The predicted molar refractivity (Wildman–Crippen MR) is 172 cm³/mol. The van der Waals surface area contributed by atoms with Crippen molar-refractivity contribution in [2.24, 2.45) is 10.8 Å². The number of hydrogen-bond acceptors (Lipinski definition) is 13. The minimum atomic E-state index is -1.29. The van der Waals surface area contributed by atoms with Crippen molar-refractivity contribution in [2.75, 3.05) is 52.9 Å². The first kappa shape index (κ1) is 44.2. The molecule has 0 bridgehead atoms. The zero-order valence-electron chi connectivity index (χ0n) is 29.6. The summed E-state index contributed by atoms with van der Waals surface area (Å²) in [4.78, 5) is 62.0. The molecule has 1 N–H and O–H groups in total. The van der Waals surface area contributed by atoms with Crippen LogP contribution in [0.4, 0.5) is 0 Å². The smallest absolute Gasteiger partial charge is 0.305 e. The molecule has 0 saturated carbocycles. The summed E-state index contributed by atoms with van der Waals surface area (Å²) in [6.07, 6.45) is 3.49. The lowest BCUT2D eigenvalue weighted by Gasteiger charge is -2.36. The molecule has 274 valence electrons. The topological polar surface area (TPSA) is 170 Å². The van der Waals surface area contributed by atoms with Crippen molar-refractivity contribution in [3.05, 3.63) is 0 Å². The Morgan fingerprint density at radius 2 is 0.723 bits per heavy atom. The molecule has 0 spiro atoms. The predicted octanol–water partition coefficient (Wildman–Crippen LogP) is 4.83. The van der Waals surface area contributed by atoms with Crippen LogP contribution >= 0.6 is 0 Å². The van der Waals surface area contributed by atoms with E-state index in [1.54, 1.807) is 0 Å². The number of carbonyl (C=O) groups excluding carboxylic acids is 5. The Kier molecular flexibility index (Phi) is 24.7. The Hall–Kier alpha value is -2.77. The number of aliphatic hydroxyl groups excluding tert-OH is 1. The van der Waals surface area contributed by atoms with Crippen LogP contribution in [0.3, 0.4) is 0 Å². The fourth-order valence-electron chi connectivity index (χ4n) is 4.14. The maximum absolute atomic E-state index is 12.4. The van der Waals surface area contributed by atoms with Crippen molar-refractivity contribution in [3.8, 4) is 0 Å². The fraction of sp³-hybridized carbons (Fsp3) is 0.853. The summed E-state index contributed by atoms with van der Waals surface area (Å²) in [6, 6.07) is 0. The highest BCUT2D eigenvalue weighted by Crippen LogP contribution is 2.27. The molecule has 0 aliphatic carbocycles. The zero-order valence-corrected chi connectivity index (χ0v) is 29.6. The first-order valence-electron chi connectivity index (χ1n) is 17.1. The van der Waals surface area contributed by atoms with Crippen molar-refractivity contribution in [1.29, 1.82) is 0 Å². The first-order chi connectivity index (χ1) is 22.4. The van der Waals surface area contributed by atoms with Gasteiger partial charge in [0.1, 0.15) is 33.0 Å². The van der Waals surface area contributed by atoms with E-state index in [0.29, 0.717) is 44.9 Å². The second kappa shape index (κ2) is 26.2. The number of rotatable bonds is 29. The highest BCUT2D eigenvalue weighted by Gasteiger charge is 2.40. The van der Waals surface area contributed by atoms with Gasteiger partial charge in [0.15, 0.2) is 6.29 Å². The first-order valence-corrected chi connectivity index (χ1v) is 17.1. The summed E-state index contributed by atoms with van der Waals surface area (Å²) in [7, 11) is 0. The van der Waals surface area contributed by atoms with Gasteiger partial charge in [-0.05, 0) is 38.5 Å². The molecule has 0 heterocycles. The number of ether oxygens (including phenoxy) is 7. The van der Waals surface area contributed by atoms with E-state index in [-0.39, 0.29) is 85.0 Å². The molecule has 0 amide bonds. The minimum Gasteiger partial charge on any atom is -0.465 e. The van der Waals surface area contributed by atoms with Crippen LogP contribution < -0.4 is 0 Å². The van der Waals surface area contributed by atoms with Crippen LogP contribution in [-0.2, 0) is 57.1 Å². The van der Waals surface area contributed by atoms with Crippen LogP contribution in [0.5, 0.6) is 0 Å². The van der Waals surface area contributed by atoms with E-state index in [4.69, 9.17) is 33.2 Å². The quantitative estimate of drug-likeness (QED) is 0.0650. The van der Waals surface area contributed by atoms with Gasteiger partial charge in [-0.25, -0.2) is 0 Å². The molecule has 13 heteroatoms. The molecule has 0 saturated heterocycles. The minimum absolute atomic E-state index is 0.162. The summed E-state index contributed by atoms with van der Waals surface area (Å²) < 4.78 is 39.6. The molecule has 47 heavy (non-hydrogen) atoms. The van der Waals surface area contributed by atoms with E-state index < -0.39 is 47.0 Å². The summed E-state index contributed by atoms with van der Waals surface area (Å²) in [5, 5.41) is 10.4. The SMILES string of the molecule is CCCC(=O)OCC(COCC(COC(=O)CCC)(COC(=O)CCC)COC(O)CCC)(COC(=O)CCC)COC(=O)CCC. The normalized spacial score (nSPS) is 12.2. The van der Waals surface area contributed by atoms with Crippen LogP contribution in [0.1, 0.15) is 119 Å². The maximum Gasteiger partial charge on any atom is 0.305 e. The lowest BCUT2D eigenvalue weighted by molar-refractivity contribution is -0.185. The van der Waals surface area contributed by atoms with Gasteiger partial charge in [0, 0.05) is 32.1 Å². The van der Waals surface area contributed by atoms with Crippen LogP contribution in [0.25, 0.3) is 0 Å². The standard InChI is InChI=1S/C34H60O13/c1-7-13-27(35)42-21-33(22-43-28(36)14-8-2,23-44-29(37)15-9-3)19-41-20-34(24-45-30(38)16-10-4,25-46-31(39)17-11-5)26-47-32(40)18-12-6/h27,35H,7-26H2,1-6H3. The van der Waals surface area contributed by atoms with Gasteiger partial charge in [-0.15, -0.1) is 0 Å². The Balaban J connectivity index is 6.44. The molecule has 0 rings (SSSR count). The number of esters is 5. The van der Waals surface area contributed by atoms with E-state index in [1.165, 1.54) is 0 Å². The maximum atomic E-state index is 12.4. The summed E-state index contributed by atoms with van der Waals surface area (Å²) in [6.45, 7) is 9.09. The second-order valence-corrected chi connectivity index (χ2v) is 12.1. The van der Waals surface area contributed by atoms with Crippen LogP contribution in [-0.4, -0.2) is 94.1 Å². The molecule has 0 aliphatic rings. The van der Waals surface area contributed by atoms with Crippen molar-refractivity contribution in [1.82, 2.24) is 0 Å². The largest absolute Gasteiger partial charge is 0.465 e. The highest BCUT2D eigenvalue weighted by atomic mass is 16.6. The van der Waals surface area contributed by atoms with E-state index in [2.05, 4.69) is 0 Å². The monoisotopic (exact) mass is 676 g/mol. The van der Waals surface area contributed by atoms with Gasteiger partial charge in [0.2, 0.25) is 0 Å². The Labute approximate surface area is 280 Å². The van der Waals surface area contributed by atoms with Crippen molar-refractivity contribution < 1.29 is 62.2 Å². The third-order valence-electron chi connectivity index (χ3n) is 6.90. The number of hydrogen-bond donors (Lipinski definition) is 1. The van der Waals surface area contributed by atoms with Gasteiger partial charge in [0.05, 0.1) is 30.7 Å². The van der Waals surface area contributed by atoms with Gasteiger partial charge in [0.25, 0.3) is 0 Å². The molecule has 0 aromatic rings. The van der Waals surface area contributed by atoms with Crippen LogP contribution in [0, 0.1) is 10.8 Å². The van der Waals surface area contributed by atoms with Crippen LogP contribution in [0.15, 0.2) is 0 Å². The summed E-state index contributed by atoms with van der Waals surface area (Å²) in [5.74, 6) is -2.36. The molecule has 0 aromatic carbocycles. The number of carbonyl (C=O) groups is 5. The third-order valence-corrected chi connectivity index (χ3v) is 6.90. The van der Waals surface area contributed by atoms with Gasteiger partial charge in [-0.2, -0.15) is 0 Å².